The lowest BCUT2D eigenvalue weighted by Gasteiger charge is -2.26. The summed E-state index contributed by atoms with van der Waals surface area (Å²) >= 11 is 0. The zero-order chi connectivity index (χ0) is 31.1. The second-order valence-corrected chi connectivity index (χ2v) is 11.1. The van der Waals surface area contributed by atoms with E-state index in [0.717, 1.165) is 12.8 Å². The first-order valence-corrected chi connectivity index (χ1v) is 14.5. The van der Waals surface area contributed by atoms with Crippen LogP contribution in [0.25, 0.3) is 21.8 Å². The number of aliphatic hydroxyl groups excluding tert-OH is 2. The number of aromatic amines is 2. The molecule has 0 radical (unpaired) electrons. The van der Waals surface area contributed by atoms with E-state index in [2.05, 4.69) is 20.6 Å². The Morgan fingerprint density at radius 1 is 0.622 bits per heavy atom. The zero-order valence-electron chi connectivity index (χ0n) is 26.4. The van der Waals surface area contributed by atoms with Gasteiger partial charge in [-0.15, -0.1) is 24.8 Å². The molecule has 11 nitrogen and oxygen atoms in total. The summed E-state index contributed by atoms with van der Waals surface area (Å²) in [7, 11) is 0. The topological polar surface area (TPSA) is 202 Å². The highest BCUT2D eigenvalue weighted by atomic mass is 35.5. The van der Waals surface area contributed by atoms with Crippen molar-refractivity contribution in [1.29, 1.82) is 0 Å². The van der Waals surface area contributed by atoms with E-state index < -0.39 is 12.2 Å². The summed E-state index contributed by atoms with van der Waals surface area (Å²) in [5, 5.41) is 49.0. The van der Waals surface area contributed by atoms with Gasteiger partial charge in [0.25, 0.3) is 0 Å². The van der Waals surface area contributed by atoms with Crippen LogP contribution in [0.2, 0.25) is 0 Å². The number of aromatic hydroxyl groups is 2. The monoisotopic (exact) mass is 670 g/mol. The Hall–Kier alpha value is -3.16. The number of hydrogen-bond acceptors (Lipinski definition) is 8. The van der Waals surface area contributed by atoms with Crippen LogP contribution in [0.15, 0.2) is 58.1 Å². The highest BCUT2D eigenvalue weighted by molar-refractivity contribution is 5.88. The van der Waals surface area contributed by atoms with Gasteiger partial charge >= 0.3 is 0 Å². The molecule has 4 atom stereocenters. The molecule has 0 aliphatic heterocycles. The standard InChI is InChI=1S/2C16H22N2O3.2ClH.H2O/c2*1-4-12(17-9(2)3)16(21)11-5-7-13(19)15-10(11)6-8-14(20)18-15;;;/h2*5-9,12,16-17,19,21H,4H2,1-3H3,(H,18,20);2*1H;1H2. The summed E-state index contributed by atoms with van der Waals surface area (Å²) in [6, 6.07) is 12.8. The molecule has 45 heavy (non-hydrogen) atoms. The van der Waals surface area contributed by atoms with Crippen molar-refractivity contribution >= 4 is 46.6 Å². The number of benzene rings is 2. The number of fused-ring (bicyclic) bond motifs is 2. The van der Waals surface area contributed by atoms with Crippen molar-refractivity contribution in [3.63, 3.8) is 0 Å². The average molecular weight is 672 g/mol. The molecule has 4 aromatic rings. The lowest BCUT2D eigenvalue weighted by atomic mass is 9.95. The second-order valence-electron chi connectivity index (χ2n) is 11.1. The number of rotatable bonds is 10. The molecule has 0 amide bonds. The van der Waals surface area contributed by atoms with Gasteiger partial charge in [-0.25, -0.2) is 0 Å². The van der Waals surface area contributed by atoms with Gasteiger partial charge in [-0.1, -0.05) is 53.7 Å². The van der Waals surface area contributed by atoms with Crippen LogP contribution >= 0.6 is 24.8 Å². The van der Waals surface area contributed by atoms with Gasteiger partial charge in [-0.3, -0.25) is 9.59 Å². The molecule has 2 aromatic heterocycles. The van der Waals surface area contributed by atoms with Crippen molar-refractivity contribution < 1.29 is 25.9 Å². The van der Waals surface area contributed by atoms with Crippen molar-refractivity contribution in [3.05, 3.63) is 80.4 Å². The maximum atomic E-state index is 11.4. The first-order valence-electron chi connectivity index (χ1n) is 14.5. The number of aliphatic hydroxyl groups is 2. The van der Waals surface area contributed by atoms with Crippen molar-refractivity contribution in [2.45, 2.75) is 90.8 Å². The van der Waals surface area contributed by atoms with Crippen LogP contribution in [0.3, 0.4) is 0 Å². The van der Waals surface area contributed by atoms with E-state index in [1.54, 1.807) is 24.3 Å². The Bertz CT molecular complexity index is 1490. The number of aromatic nitrogens is 2. The quantitative estimate of drug-likeness (QED) is 0.123. The van der Waals surface area contributed by atoms with Gasteiger partial charge in [0.1, 0.15) is 11.5 Å². The highest BCUT2D eigenvalue weighted by Crippen LogP contribution is 2.32. The molecular formula is C32H48Cl2N4O7. The van der Waals surface area contributed by atoms with E-state index >= 15 is 0 Å². The van der Waals surface area contributed by atoms with Crippen LogP contribution in [0.5, 0.6) is 11.5 Å². The molecule has 0 saturated carbocycles. The molecule has 252 valence electrons. The minimum absolute atomic E-state index is 0. The van der Waals surface area contributed by atoms with Crippen LogP contribution in [-0.4, -0.2) is 60.0 Å². The number of phenolic OH excluding ortho intramolecular Hbond substituents is 2. The first kappa shape index (κ1) is 41.8. The minimum atomic E-state index is -0.716. The SMILES string of the molecule is CCC(NC(C)C)C(O)c1ccc(O)c2[nH]c(=O)ccc12.CCC(NC(C)C)C(O)c1ccc(O)c2[nH]c(=O)ccc12.Cl.Cl.O. The molecule has 4 rings (SSSR count). The third kappa shape index (κ3) is 10.4. The Kier molecular flexibility index (Phi) is 17.4. The lowest BCUT2D eigenvalue weighted by molar-refractivity contribution is 0.122. The van der Waals surface area contributed by atoms with E-state index in [0.29, 0.717) is 32.9 Å². The third-order valence-electron chi connectivity index (χ3n) is 7.19. The molecular weight excluding hydrogens is 623 g/mol. The minimum Gasteiger partial charge on any atom is -0.506 e. The predicted octanol–water partition coefficient (Wildman–Crippen LogP) is 4.11. The van der Waals surface area contributed by atoms with Gasteiger partial charge in [0.15, 0.2) is 0 Å². The largest absolute Gasteiger partial charge is 0.506 e. The molecule has 0 fully saturated rings. The molecule has 2 heterocycles. The molecule has 2 aromatic carbocycles. The average Bonchev–Trinajstić information content (AvgIpc) is 2.95. The molecule has 0 aliphatic rings. The Morgan fingerprint density at radius 3 is 1.24 bits per heavy atom. The molecule has 0 spiro atoms. The smallest absolute Gasteiger partial charge is 0.248 e. The van der Waals surface area contributed by atoms with E-state index in [1.165, 1.54) is 24.3 Å². The fourth-order valence-electron chi connectivity index (χ4n) is 5.19. The molecule has 10 N–H and O–H groups in total. The first-order chi connectivity index (χ1) is 19.9. The van der Waals surface area contributed by atoms with Crippen LogP contribution in [0.4, 0.5) is 0 Å². The number of halogens is 2. The lowest BCUT2D eigenvalue weighted by Crippen LogP contribution is -2.39. The predicted molar refractivity (Wildman–Crippen MR) is 185 cm³/mol. The Morgan fingerprint density at radius 2 is 0.956 bits per heavy atom. The van der Waals surface area contributed by atoms with Gasteiger partial charge < -0.3 is 46.5 Å². The Labute approximate surface area is 275 Å². The van der Waals surface area contributed by atoms with E-state index in [9.17, 15) is 30.0 Å². The van der Waals surface area contributed by atoms with Crippen LogP contribution < -0.4 is 21.8 Å². The maximum absolute atomic E-state index is 11.4. The molecule has 13 heteroatoms. The van der Waals surface area contributed by atoms with Crippen molar-refractivity contribution in [1.82, 2.24) is 20.6 Å². The summed E-state index contributed by atoms with van der Waals surface area (Å²) in [4.78, 5) is 28.0. The van der Waals surface area contributed by atoms with Crippen LogP contribution in [0, 0.1) is 0 Å². The van der Waals surface area contributed by atoms with Gasteiger partial charge in [-0.2, -0.15) is 0 Å². The number of H-pyrrole nitrogens is 2. The van der Waals surface area contributed by atoms with Crippen LogP contribution in [-0.2, 0) is 0 Å². The summed E-state index contributed by atoms with van der Waals surface area (Å²) in [5.74, 6) is 0.00651. The molecule has 0 saturated heterocycles. The van der Waals surface area contributed by atoms with Crippen molar-refractivity contribution in [2.75, 3.05) is 0 Å². The third-order valence-corrected chi connectivity index (χ3v) is 7.19. The van der Waals surface area contributed by atoms with E-state index in [-0.39, 0.29) is 77.1 Å². The van der Waals surface area contributed by atoms with Gasteiger partial charge in [0.2, 0.25) is 11.1 Å². The Balaban J connectivity index is 0.000000807. The highest BCUT2D eigenvalue weighted by Gasteiger charge is 2.23. The van der Waals surface area contributed by atoms with Gasteiger partial charge in [0.05, 0.1) is 23.2 Å². The summed E-state index contributed by atoms with van der Waals surface area (Å²) in [6.45, 7) is 12.1. The fraction of sp³-hybridized carbons (Fsp3) is 0.438. The molecule has 4 unspecified atom stereocenters. The number of nitrogens with one attached hydrogen (secondary N) is 4. The number of phenols is 2. The van der Waals surface area contributed by atoms with Gasteiger partial charge in [0, 0.05) is 47.1 Å². The molecule has 0 aliphatic carbocycles. The van der Waals surface area contributed by atoms with Crippen LogP contribution in [0.1, 0.15) is 77.7 Å². The fourth-order valence-corrected chi connectivity index (χ4v) is 5.19. The summed E-state index contributed by atoms with van der Waals surface area (Å²) in [5.41, 5.74) is 1.54. The second kappa shape index (κ2) is 18.7. The van der Waals surface area contributed by atoms with Crippen molar-refractivity contribution in [2.24, 2.45) is 0 Å². The maximum Gasteiger partial charge on any atom is 0.248 e. The van der Waals surface area contributed by atoms with Gasteiger partial charge in [-0.05, 0) is 48.2 Å². The summed E-state index contributed by atoms with van der Waals surface area (Å²) in [6.07, 6.45) is 0.105. The summed E-state index contributed by atoms with van der Waals surface area (Å²) < 4.78 is 0. The van der Waals surface area contributed by atoms with E-state index in [4.69, 9.17) is 0 Å². The van der Waals surface area contributed by atoms with Crippen molar-refractivity contribution in [3.8, 4) is 11.5 Å². The zero-order valence-corrected chi connectivity index (χ0v) is 28.1. The number of hydrogen-bond donors (Lipinski definition) is 8. The number of pyridine rings is 2. The molecule has 0 bridgehead atoms. The van der Waals surface area contributed by atoms with E-state index in [1.807, 2.05) is 41.5 Å². The normalized spacial score (nSPS) is 13.6.